The Balaban J connectivity index is 2.14. The summed E-state index contributed by atoms with van der Waals surface area (Å²) in [5, 5.41) is 9.96. The van der Waals surface area contributed by atoms with Gasteiger partial charge in [-0.25, -0.2) is 0 Å². The largest absolute Gasteiger partial charge is 0.507 e. The van der Waals surface area contributed by atoms with Crippen LogP contribution < -0.4 is 4.74 Å². The molecule has 5 nitrogen and oxygen atoms in total. The standard InChI is InChI=1S/C15H22N2O3/c1-16(2)11-5-4-8-17(10-11)15(19)13-7-6-12(20-3)9-14(13)18/h6-7,9,11,18H,4-5,8,10H2,1-3H3. The Morgan fingerprint density at radius 3 is 2.80 bits per heavy atom. The molecule has 1 aromatic rings. The molecule has 0 aromatic heterocycles. The molecule has 0 aliphatic carbocycles. The van der Waals surface area contributed by atoms with Crippen LogP contribution in [0.2, 0.25) is 0 Å². The molecule has 1 saturated heterocycles. The summed E-state index contributed by atoms with van der Waals surface area (Å²) in [4.78, 5) is 16.5. The SMILES string of the molecule is COc1ccc(C(=O)N2CCCC(N(C)C)C2)c(O)c1. The Bertz CT molecular complexity index is 488. The van der Waals surface area contributed by atoms with Gasteiger partial charge in [0.05, 0.1) is 12.7 Å². The van der Waals surface area contributed by atoms with Crippen molar-refractivity contribution in [1.29, 1.82) is 0 Å². The molecule has 1 amide bonds. The maximum absolute atomic E-state index is 12.5. The molecule has 1 aliphatic rings. The van der Waals surface area contributed by atoms with Gasteiger partial charge in [0.25, 0.3) is 5.91 Å². The number of phenols is 1. The van der Waals surface area contributed by atoms with Crippen LogP contribution in [0.5, 0.6) is 11.5 Å². The van der Waals surface area contributed by atoms with E-state index in [0.717, 1.165) is 19.4 Å². The van der Waals surface area contributed by atoms with E-state index in [1.165, 1.54) is 13.2 Å². The van der Waals surface area contributed by atoms with Gasteiger partial charge in [0, 0.05) is 25.2 Å². The molecule has 0 saturated carbocycles. The zero-order valence-electron chi connectivity index (χ0n) is 12.3. The van der Waals surface area contributed by atoms with Gasteiger partial charge in [0.1, 0.15) is 11.5 Å². The second-order valence-corrected chi connectivity index (χ2v) is 5.39. The van der Waals surface area contributed by atoms with Crippen molar-refractivity contribution >= 4 is 5.91 Å². The van der Waals surface area contributed by atoms with Crippen LogP contribution in [0.4, 0.5) is 0 Å². The summed E-state index contributed by atoms with van der Waals surface area (Å²) in [5.74, 6) is 0.405. The monoisotopic (exact) mass is 278 g/mol. The zero-order chi connectivity index (χ0) is 14.7. The molecule has 1 N–H and O–H groups in total. The second-order valence-electron chi connectivity index (χ2n) is 5.39. The number of carbonyl (C=O) groups excluding carboxylic acids is 1. The summed E-state index contributed by atoms with van der Waals surface area (Å²) in [6.07, 6.45) is 2.09. The Hall–Kier alpha value is -1.75. The highest BCUT2D eigenvalue weighted by molar-refractivity contribution is 5.97. The van der Waals surface area contributed by atoms with E-state index in [0.29, 0.717) is 23.9 Å². The average Bonchev–Trinajstić information content (AvgIpc) is 2.46. The molecule has 1 aliphatic heterocycles. The minimum absolute atomic E-state index is 0.0265. The van der Waals surface area contributed by atoms with Crippen LogP contribution in [-0.4, -0.2) is 61.2 Å². The Morgan fingerprint density at radius 1 is 1.45 bits per heavy atom. The number of likely N-dealkylation sites (tertiary alicyclic amines) is 1. The minimum atomic E-state index is -0.114. The van der Waals surface area contributed by atoms with Gasteiger partial charge in [0.2, 0.25) is 0 Å². The second kappa shape index (κ2) is 6.13. The smallest absolute Gasteiger partial charge is 0.257 e. The van der Waals surface area contributed by atoms with Crippen molar-refractivity contribution in [2.45, 2.75) is 18.9 Å². The quantitative estimate of drug-likeness (QED) is 0.912. The number of likely N-dealkylation sites (N-methyl/N-ethyl adjacent to an activating group) is 1. The molecular weight excluding hydrogens is 256 g/mol. The number of hydrogen-bond donors (Lipinski definition) is 1. The third-order valence-corrected chi connectivity index (χ3v) is 3.85. The first-order valence-electron chi connectivity index (χ1n) is 6.85. The van der Waals surface area contributed by atoms with Gasteiger partial charge in [-0.2, -0.15) is 0 Å². The van der Waals surface area contributed by atoms with Crippen LogP contribution in [0.1, 0.15) is 23.2 Å². The van der Waals surface area contributed by atoms with E-state index in [4.69, 9.17) is 4.74 Å². The van der Waals surface area contributed by atoms with E-state index >= 15 is 0 Å². The number of aromatic hydroxyl groups is 1. The fourth-order valence-electron chi connectivity index (χ4n) is 2.55. The summed E-state index contributed by atoms with van der Waals surface area (Å²) in [5.41, 5.74) is 0.338. The van der Waals surface area contributed by atoms with Crippen molar-refractivity contribution in [2.75, 3.05) is 34.3 Å². The lowest BCUT2D eigenvalue weighted by molar-refractivity contribution is 0.0632. The number of benzene rings is 1. The summed E-state index contributed by atoms with van der Waals surface area (Å²) in [6.45, 7) is 1.45. The average molecular weight is 278 g/mol. The first-order chi connectivity index (χ1) is 9.52. The van der Waals surface area contributed by atoms with Crippen molar-refractivity contribution in [1.82, 2.24) is 9.80 Å². The van der Waals surface area contributed by atoms with Crippen LogP contribution in [0.3, 0.4) is 0 Å². The highest BCUT2D eigenvalue weighted by Gasteiger charge is 2.26. The molecule has 1 aromatic carbocycles. The Kier molecular flexibility index (Phi) is 4.49. The van der Waals surface area contributed by atoms with Crippen molar-refractivity contribution in [3.63, 3.8) is 0 Å². The van der Waals surface area contributed by atoms with Crippen LogP contribution in [0, 0.1) is 0 Å². The molecule has 0 radical (unpaired) electrons. The van der Waals surface area contributed by atoms with E-state index in [2.05, 4.69) is 4.90 Å². The van der Waals surface area contributed by atoms with E-state index < -0.39 is 0 Å². The van der Waals surface area contributed by atoms with Crippen LogP contribution in [0.25, 0.3) is 0 Å². The summed E-state index contributed by atoms with van der Waals surface area (Å²) in [6, 6.07) is 5.17. The van der Waals surface area contributed by atoms with E-state index in [1.54, 1.807) is 12.1 Å². The van der Waals surface area contributed by atoms with Crippen molar-refractivity contribution in [3.8, 4) is 11.5 Å². The maximum Gasteiger partial charge on any atom is 0.257 e. The van der Waals surface area contributed by atoms with E-state index in [1.807, 2.05) is 19.0 Å². The van der Waals surface area contributed by atoms with Gasteiger partial charge in [-0.15, -0.1) is 0 Å². The molecule has 2 rings (SSSR count). The summed E-state index contributed by atoms with van der Waals surface area (Å²) >= 11 is 0. The molecule has 1 heterocycles. The van der Waals surface area contributed by atoms with E-state index in [9.17, 15) is 9.90 Å². The number of piperidine rings is 1. The first-order valence-corrected chi connectivity index (χ1v) is 6.85. The lowest BCUT2D eigenvalue weighted by Gasteiger charge is -2.36. The minimum Gasteiger partial charge on any atom is -0.507 e. The van der Waals surface area contributed by atoms with Crippen molar-refractivity contribution < 1.29 is 14.6 Å². The highest BCUT2D eigenvalue weighted by atomic mass is 16.5. The molecule has 1 fully saturated rings. The molecule has 1 unspecified atom stereocenters. The fourth-order valence-corrected chi connectivity index (χ4v) is 2.55. The molecular formula is C15H22N2O3. The fraction of sp³-hybridized carbons (Fsp3) is 0.533. The predicted octanol–water partition coefficient (Wildman–Crippen LogP) is 1.57. The summed E-state index contributed by atoms with van der Waals surface area (Å²) < 4.78 is 5.03. The van der Waals surface area contributed by atoms with Crippen molar-refractivity contribution in [2.24, 2.45) is 0 Å². The van der Waals surface area contributed by atoms with Gasteiger partial charge < -0.3 is 19.6 Å². The van der Waals surface area contributed by atoms with Gasteiger partial charge in [-0.3, -0.25) is 4.79 Å². The van der Waals surface area contributed by atoms with Crippen LogP contribution in [0.15, 0.2) is 18.2 Å². The number of nitrogens with zero attached hydrogens (tertiary/aromatic N) is 2. The number of methoxy groups -OCH3 is 1. The molecule has 1 atom stereocenters. The Labute approximate surface area is 119 Å². The third-order valence-electron chi connectivity index (χ3n) is 3.85. The number of amides is 1. The van der Waals surface area contributed by atoms with Gasteiger partial charge in [-0.05, 0) is 39.1 Å². The lowest BCUT2D eigenvalue weighted by atomic mass is 10.0. The van der Waals surface area contributed by atoms with Gasteiger partial charge in [0.15, 0.2) is 0 Å². The molecule has 20 heavy (non-hydrogen) atoms. The number of hydrogen-bond acceptors (Lipinski definition) is 4. The number of phenolic OH excluding ortho intramolecular Hbond substituents is 1. The zero-order valence-corrected chi connectivity index (χ0v) is 12.3. The third kappa shape index (κ3) is 3.04. The Morgan fingerprint density at radius 2 is 2.20 bits per heavy atom. The van der Waals surface area contributed by atoms with Gasteiger partial charge >= 0.3 is 0 Å². The normalized spacial score (nSPS) is 19.2. The van der Waals surface area contributed by atoms with E-state index in [-0.39, 0.29) is 11.7 Å². The highest BCUT2D eigenvalue weighted by Crippen LogP contribution is 2.26. The van der Waals surface area contributed by atoms with Crippen LogP contribution in [-0.2, 0) is 0 Å². The molecule has 5 heteroatoms. The first kappa shape index (κ1) is 14.7. The number of ether oxygens (including phenoxy) is 1. The predicted molar refractivity (Wildman–Crippen MR) is 77.3 cm³/mol. The van der Waals surface area contributed by atoms with Crippen LogP contribution >= 0.6 is 0 Å². The maximum atomic E-state index is 12.5. The number of carbonyl (C=O) groups is 1. The number of rotatable bonds is 3. The van der Waals surface area contributed by atoms with Gasteiger partial charge in [-0.1, -0.05) is 0 Å². The lowest BCUT2D eigenvalue weighted by Crippen LogP contribution is -2.47. The molecule has 0 spiro atoms. The molecule has 0 bridgehead atoms. The van der Waals surface area contributed by atoms with Crippen molar-refractivity contribution in [3.05, 3.63) is 23.8 Å². The summed E-state index contributed by atoms with van der Waals surface area (Å²) in [7, 11) is 5.59. The molecule has 110 valence electrons. The topological polar surface area (TPSA) is 53.0 Å².